The second-order valence-electron chi connectivity index (χ2n) is 8.31. The molecule has 0 aromatic carbocycles. The zero-order chi connectivity index (χ0) is 20.6. The summed E-state index contributed by atoms with van der Waals surface area (Å²) in [6.07, 6.45) is 2.27. The molecular weight excluding hydrogens is 430 g/mol. The van der Waals surface area contributed by atoms with Crippen LogP contribution < -0.4 is 11.2 Å². The third-order valence-electron chi connectivity index (χ3n) is 5.24. The van der Waals surface area contributed by atoms with Gasteiger partial charge in [0.25, 0.3) is 5.56 Å². The van der Waals surface area contributed by atoms with Crippen LogP contribution in [0.25, 0.3) is 0 Å². The first kappa shape index (κ1) is 21.8. The van der Waals surface area contributed by atoms with Crippen LogP contribution in [0.2, 0.25) is 18.1 Å². The van der Waals surface area contributed by atoms with Crippen molar-refractivity contribution in [3.63, 3.8) is 0 Å². The van der Waals surface area contributed by atoms with Gasteiger partial charge in [-0.15, -0.1) is 0 Å². The molecule has 0 spiro atoms. The zero-order valence-corrected chi connectivity index (χ0v) is 19.1. The zero-order valence-electron chi connectivity index (χ0n) is 16.5. The van der Waals surface area contributed by atoms with E-state index in [4.69, 9.17) is 14.4 Å². The van der Waals surface area contributed by atoms with Crippen LogP contribution in [-0.2, 0) is 9.16 Å². The van der Waals surface area contributed by atoms with E-state index in [0.717, 1.165) is 0 Å². The number of H-pyrrole nitrogens is 1. The maximum atomic E-state index is 12.2. The minimum Gasteiger partial charge on any atom is -0.411 e. The molecule has 2 rings (SSSR count). The molecule has 0 bridgehead atoms. The molecule has 3 atom stereocenters. The Labute approximate surface area is 168 Å². The number of hydrogen-bond acceptors (Lipinski definition) is 5. The monoisotopic (exact) mass is 455 g/mol. The number of nitrogens with zero attached hydrogens (tertiary/aromatic N) is 2. The van der Waals surface area contributed by atoms with Gasteiger partial charge in [-0.05, 0) is 47.1 Å². The molecule has 1 N–H and O–H groups in total. The summed E-state index contributed by atoms with van der Waals surface area (Å²) in [4.78, 5) is 26.2. The Morgan fingerprint density at radius 1 is 1.48 bits per heavy atom. The predicted octanol–water partition coefficient (Wildman–Crippen LogP) is 3.33. The fraction of sp³-hybridized carbons (Fsp3) is 0.611. The Bertz CT molecular complexity index is 892. The number of ether oxygens (including phenoxy) is 1. The fourth-order valence-electron chi connectivity index (χ4n) is 2.64. The summed E-state index contributed by atoms with van der Waals surface area (Å²) in [5.41, 5.74) is -0.505. The average Bonchev–Trinajstić information content (AvgIpc) is 2.91. The molecule has 0 aliphatic carbocycles. The molecule has 0 amide bonds. The molecule has 0 saturated carbocycles. The van der Waals surface area contributed by atoms with Gasteiger partial charge < -0.3 is 9.16 Å². The highest BCUT2D eigenvalue weighted by Gasteiger charge is 2.44. The van der Waals surface area contributed by atoms with E-state index in [1.165, 1.54) is 10.8 Å². The van der Waals surface area contributed by atoms with Crippen LogP contribution in [0, 0.1) is 18.3 Å². The van der Waals surface area contributed by atoms with Crippen molar-refractivity contribution in [1.82, 2.24) is 9.55 Å². The van der Waals surface area contributed by atoms with Crippen molar-refractivity contribution >= 4 is 24.2 Å². The highest BCUT2D eigenvalue weighted by atomic mass is 79.9. The van der Waals surface area contributed by atoms with Crippen LogP contribution in [0.5, 0.6) is 0 Å². The Morgan fingerprint density at radius 2 is 2.11 bits per heavy atom. The summed E-state index contributed by atoms with van der Waals surface area (Å²) in [6.45, 7) is 12.4. The lowest BCUT2D eigenvalue weighted by Crippen LogP contribution is -2.45. The third kappa shape index (κ3) is 4.88. The predicted molar refractivity (Wildman–Crippen MR) is 109 cm³/mol. The quantitative estimate of drug-likeness (QED) is 0.554. The van der Waals surface area contributed by atoms with Gasteiger partial charge in [-0.2, -0.15) is 5.26 Å². The number of nitrogens with one attached hydrogen (secondary N) is 1. The average molecular weight is 456 g/mol. The molecule has 1 aliphatic heterocycles. The van der Waals surface area contributed by atoms with Crippen molar-refractivity contribution in [3.05, 3.63) is 43.2 Å². The summed E-state index contributed by atoms with van der Waals surface area (Å²) >= 11 is 3.21. The minimum atomic E-state index is -2.09. The molecule has 0 radical (unpaired) electrons. The molecule has 1 aromatic heterocycles. The summed E-state index contributed by atoms with van der Waals surface area (Å²) in [5, 5.41) is 9.10. The van der Waals surface area contributed by atoms with E-state index in [-0.39, 0.29) is 11.1 Å². The largest absolute Gasteiger partial charge is 0.411 e. The van der Waals surface area contributed by atoms with E-state index < -0.39 is 31.9 Å². The summed E-state index contributed by atoms with van der Waals surface area (Å²) in [5.74, 6) is 0. The topological polar surface area (TPSA) is 97.1 Å². The van der Waals surface area contributed by atoms with Gasteiger partial charge >= 0.3 is 5.69 Å². The lowest BCUT2D eigenvalue weighted by molar-refractivity contribution is 0.00630. The van der Waals surface area contributed by atoms with Crippen molar-refractivity contribution in [2.24, 2.45) is 0 Å². The molecule has 2 heterocycles. The molecule has 1 aliphatic rings. The Balaban J connectivity index is 2.38. The first-order chi connectivity index (χ1) is 12.4. The molecule has 0 unspecified atom stereocenters. The number of nitriles is 1. The maximum Gasteiger partial charge on any atom is 0.330 e. The molecule has 1 aromatic rings. The number of aryl methyl sites for hydroxylation is 1. The van der Waals surface area contributed by atoms with Crippen LogP contribution in [-0.4, -0.2) is 30.1 Å². The number of aromatic amines is 1. The first-order valence-electron chi connectivity index (χ1n) is 8.78. The highest BCUT2D eigenvalue weighted by molar-refractivity contribution is 9.12. The van der Waals surface area contributed by atoms with Gasteiger partial charge in [-0.1, -0.05) is 20.8 Å². The minimum absolute atomic E-state index is 0.0111. The maximum absolute atomic E-state index is 12.2. The van der Waals surface area contributed by atoms with Crippen molar-refractivity contribution < 1.29 is 9.16 Å². The van der Waals surface area contributed by atoms with Crippen LogP contribution in [0.15, 0.2) is 26.3 Å². The smallest absolute Gasteiger partial charge is 0.330 e. The SMILES string of the molecule is Cc1cn([C@H]2C[C@H](O[Si](C)(C)C(C)(C)C)[C@@H](/C=C(\Br)C#N)O2)c(=O)[nH]c1=O. The van der Waals surface area contributed by atoms with Crippen LogP contribution in [0.4, 0.5) is 0 Å². The van der Waals surface area contributed by atoms with E-state index in [1.807, 2.05) is 6.07 Å². The number of halogens is 1. The number of allylic oxidation sites excluding steroid dienone is 1. The molecule has 148 valence electrons. The fourth-order valence-corrected chi connectivity index (χ4v) is 4.24. The summed E-state index contributed by atoms with van der Waals surface area (Å²) in [6, 6.07) is 2.03. The van der Waals surface area contributed by atoms with E-state index in [0.29, 0.717) is 16.5 Å². The van der Waals surface area contributed by atoms with E-state index in [9.17, 15) is 9.59 Å². The molecule has 1 fully saturated rings. The van der Waals surface area contributed by atoms with Crippen molar-refractivity contribution in [2.75, 3.05) is 0 Å². The summed E-state index contributed by atoms with van der Waals surface area (Å²) in [7, 11) is -2.09. The van der Waals surface area contributed by atoms with Crippen molar-refractivity contribution in [2.45, 2.75) is 70.7 Å². The summed E-state index contributed by atoms with van der Waals surface area (Å²) < 4.78 is 14.3. The molecule has 27 heavy (non-hydrogen) atoms. The lowest BCUT2D eigenvalue weighted by atomic mass is 10.1. The van der Waals surface area contributed by atoms with Crippen LogP contribution >= 0.6 is 15.9 Å². The van der Waals surface area contributed by atoms with E-state index >= 15 is 0 Å². The van der Waals surface area contributed by atoms with Crippen molar-refractivity contribution in [3.8, 4) is 6.07 Å². The second-order valence-corrected chi connectivity index (χ2v) is 13.9. The van der Waals surface area contributed by atoms with Crippen molar-refractivity contribution in [1.29, 1.82) is 5.26 Å². The first-order valence-corrected chi connectivity index (χ1v) is 12.5. The van der Waals surface area contributed by atoms with Gasteiger partial charge in [-0.3, -0.25) is 14.3 Å². The molecule has 9 heteroatoms. The second kappa shape index (κ2) is 7.87. The number of hydrogen-bond donors (Lipinski definition) is 1. The lowest BCUT2D eigenvalue weighted by Gasteiger charge is -2.39. The van der Waals surface area contributed by atoms with Gasteiger partial charge in [0.15, 0.2) is 8.32 Å². The van der Waals surface area contributed by atoms with E-state index in [1.54, 1.807) is 13.0 Å². The number of rotatable bonds is 4. The molecule has 7 nitrogen and oxygen atoms in total. The van der Waals surface area contributed by atoms with Crippen LogP contribution in [0.1, 0.15) is 39.0 Å². The van der Waals surface area contributed by atoms with Gasteiger partial charge in [0, 0.05) is 18.2 Å². The standard InChI is InChI=1S/C18H26BrN3O4Si/c1-11-10-22(17(24)21-16(11)23)15-8-14(13(25-15)7-12(19)9-20)26-27(5,6)18(2,3)4/h7,10,13-15H,8H2,1-6H3,(H,21,23,24)/b12-7-/t13-,14+,15-/m1/s1. The third-order valence-corrected chi connectivity index (χ3v) is 10.2. The Kier molecular flexibility index (Phi) is 6.36. The highest BCUT2D eigenvalue weighted by Crippen LogP contribution is 2.41. The number of aromatic nitrogens is 2. The Morgan fingerprint density at radius 3 is 2.67 bits per heavy atom. The normalized spacial score (nSPS) is 24.1. The van der Waals surface area contributed by atoms with Crippen LogP contribution in [0.3, 0.4) is 0 Å². The molecular formula is C18H26BrN3O4Si. The Hall–Kier alpha value is -1.47. The van der Waals surface area contributed by atoms with E-state index in [2.05, 4.69) is 54.8 Å². The van der Waals surface area contributed by atoms with Gasteiger partial charge in [0.1, 0.15) is 18.4 Å². The van der Waals surface area contributed by atoms with Gasteiger partial charge in [0.05, 0.1) is 10.6 Å². The van der Waals surface area contributed by atoms with Gasteiger partial charge in [-0.25, -0.2) is 4.79 Å². The van der Waals surface area contributed by atoms with Gasteiger partial charge in [0.2, 0.25) is 0 Å². The molecule has 1 saturated heterocycles.